The molecule has 0 bridgehead atoms. The number of nitrogens with one attached hydrogen (secondary N) is 1. The fraction of sp³-hybridized carbons (Fsp3) is 0.222. The second-order valence-electron chi connectivity index (χ2n) is 3.09. The van der Waals surface area contributed by atoms with Crippen molar-refractivity contribution in [1.82, 2.24) is 0 Å². The highest BCUT2D eigenvalue weighted by atomic mass is 31.2. The summed E-state index contributed by atoms with van der Waals surface area (Å²) in [5, 5.41) is 3.72. The molecule has 0 aromatic heterocycles. The Labute approximate surface area is 88.0 Å². The van der Waals surface area contributed by atoms with E-state index >= 15 is 0 Å². The van der Waals surface area contributed by atoms with Crippen molar-refractivity contribution in [2.45, 2.75) is 6.92 Å². The van der Waals surface area contributed by atoms with Gasteiger partial charge in [0.2, 0.25) is 0 Å². The summed E-state index contributed by atoms with van der Waals surface area (Å²) >= 11 is 0. The number of anilines is 1. The second kappa shape index (κ2) is 5.07. The van der Waals surface area contributed by atoms with Crippen LogP contribution in [-0.2, 0) is 4.57 Å². The summed E-state index contributed by atoms with van der Waals surface area (Å²) in [6.07, 6.45) is 0.819. The highest BCUT2D eigenvalue weighted by Gasteiger charge is 2.09. The van der Waals surface area contributed by atoms with E-state index in [0.29, 0.717) is 0 Å². The maximum atomic E-state index is 10.5. The van der Waals surface area contributed by atoms with Gasteiger partial charge in [0.05, 0.1) is 11.8 Å². The van der Waals surface area contributed by atoms with Crippen LogP contribution in [0.25, 0.3) is 0 Å². The Hall–Kier alpha value is -1.16. The average molecular weight is 228 g/mol. The standard InChI is InChI=1S/C9H13N2O3P/c1-8-4-2-3-5-9(8)11-10-6-7-15(12,13)14/h2-6,11H,7H2,1H3,(H2,12,13,14)/b10-6+. The van der Waals surface area contributed by atoms with Gasteiger partial charge < -0.3 is 9.79 Å². The molecule has 0 aliphatic carbocycles. The van der Waals surface area contributed by atoms with Crippen LogP contribution in [0.3, 0.4) is 0 Å². The van der Waals surface area contributed by atoms with E-state index in [0.717, 1.165) is 11.3 Å². The summed E-state index contributed by atoms with van der Waals surface area (Å²) in [4.78, 5) is 17.1. The summed E-state index contributed by atoms with van der Waals surface area (Å²) in [7, 11) is -3.99. The summed E-state index contributed by atoms with van der Waals surface area (Å²) in [5.41, 5.74) is 4.55. The van der Waals surface area contributed by atoms with Crippen molar-refractivity contribution in [3.05, 3.63) is 29.8 Å². The van der Waals surface area contributed by atoms with E-state index in [1.807, 2.05) is 31.2 Å². The topological polar surface area (TPSA) is 81.9 Å². The number of nitrogens with zero attached hydrogens (tertiary/aromatic N) is 1. The van der Waals surface area contributed by atoms with Gasteiger partial charge >= 0.3 is 7.60 Å². The summed E-state index contributed by atoms with van der Waals surface area (Å²) in [5.74, 6) is 0. The minimum Gasteiger partial charge on any atom is -0.324 e. The zero-order valence-electron chi connectivity index (χ0n) is 8.29. The molecule has 1 rings (SSSR count). The number of hydrogen-bond acceptors (Lipinski definition) is 3. The van der Waals surface area contributed by atoms with E-state index in [1.165, 1.54) is 6.21 Å². The molecule has 0 atom stereocenters. The molecule has 1 aromatic rings. The zero-order valence-corrected chi connectivity index (χ0v) is 9.19. The van der Waals surface area contributed by atoms with Crippen molar-refractivity contribution in [1.29, 1.82) is 0 Å². The maximum Gasteiger partial charge on any atom is 0.330 e. The lowest BCUT2D eigenvalue weighted by Crippen LogP contribution is -1.95. The lowest BCUT2D eigenvalue weighted by molar-refractivity contribution is 0.378. The highest BCUT2D eigenvalue weighted by Crippen LogP contribution is 2.32. The van der Waals surface area contributed by atoms with Crippen molar-refractivity contribution >= 4 is 19.5 Å². The van der Waals surface area contributed by atoms with Crippen molar-refractivity contribution in [2.24, 2.45) is 5.10 Å². The van der Waals surface area contributed by atoms with Crippen LogP contribution in [0.4, 0.5) is 5.69 Å². The number of hydrogen-bond donors (Lipinski definition) is 3. The maximum absolute atomic E-state index is 10.5. The number of para-hydroxylation sites is 1. The van der Waals surface area contributed by atoms with Crippen molar-refractivity contribution in [2.75, 3.05) is 11.6 Å². The SMILES string of the molecule is Cc1ccccc1N/N=C/CP(=O)(O)O. The number of benzene rings is 1. The molecule has 0 radical (unpaired) electrons. The Balaban J connectivity index is 2.51. The Bertz CT molecular complexity index is 400. The second-order valence-corrected chi connectivity index (χ2v) is 4.78. The van der Waals surface area contributed by atoms with Gasteiger partial charge in [0, 0.05) is 6.21 Å². The molecule has 0 aliphatic rings. The first-order valence-electron chi connectivity index (χ1n) is 4.37. The van der Waals surface area contributed by atoms with Crippen molar-refractivity contribution < 1.29 is 14.4 Å². The molecule has 15 heavy (non-hydrogen) atoms. The fourth-order valence-electron chi connectivity index (χ4n) is 0.961. The first-order valence-corrected chi connectivity index (χ1v) is 6.16. The van der Waals surface area contributed by atoms with Gasteiger partial charge in [-0.05, 0) is 18.6 Å². The molecule has 0 heterocycles. The van der Waals surface area contributed by atoms with Crippen LogP contribution < -0.4 is 5.43 Å². The fourth-order valence-corrected chi connectivity index (χ4v) is 1.26. The Morgan fingerprint density at radius 3 is 2.73 bits per heavy atom. The van der Waals surface area contributed by atoms with Crippen molar-refractivity contribution in [3.63, 3.8) is 0 Å². The summed E-state index contributed by atoms with van der Waals surface area (Å²) in [6.45, 7) is 1.92. The third kappa shape index (κ3) is 4.74. The quantitative estimate of drug-likeness (QED) is 0.415. The third-order valence-corrected chi connectivity index (χ3v) is 2.38. The molecule has 0 saturated carbocycles. The van der Waals surface area contributed by atoms with Crippen LogP contribution in [0.1, 0.15) is 5.56 Å². The van der Waals surface area contributed by atoms with E-state index in [1.54, 1.807) is 0 Å². The average Bonchev–Trinajstić information content (AvgIpc) is 2.13. The smallest absolute Gasteiger partial charge is 0.324 e. The van der Waals surface area contributed by atoms with Gasteiger partial charge in [-0.2, -0.15) is 5.10 Å². The largest absolute Gasteiger partial charge is 0.330 e. The van der Waals surface area contributed by atoms with Gasteiger partial charge in [-0.3, -0.25) is 9.99 Å². The molecule has 0 unspecified atom stereocenters. The monoisotopic (exact) mass is 228 g/mol. The van der Waals surface area contributed by atoms with Crippen molar-refractivity contribution in [3.8, 4) is 0 Å². The predicted octanol–water partition coefficient (Wildman–Crippen LogP) is 1.57. The molecule has 0 fully saturated rings. The van der Waals surface area contributed by atoms with Crippen LogP contribution in [0.2, 0.25) is 0 Å². The van der Waals surface area contributed by atoms with E-state index < -0.39 is 7.60 Å². The molecule has 5 nitrogen and oxygen atoms in total. The first-order chi connectivity index (χ1) is 6.99. The molecule has 1 aromatic carbocycles. The molecular formula is C9H13N2O3P. The van der Waals surface area contributed by atoms with Crippen LogP contribution >= 0.6 is 7.60 Å². The summed E-state index contributed by atoms with van der Waals surface area (Å²) in [6, 6.07) is 7.51. The first kappa shape index (κ1) is 11.9. The van der Waals surface area contributed by atoms with E-state index in [2.05, 4.69) is 10.5 Å². The number of hydrazone groups is 1. The molecule has 0 saturated heterocycles. The lowest BCUT2D eigenvalue weighted by atomic mass is 10.2. The molecule has 0 amide bonds. The van der Waals surface area contributed by atoms with Crippen LogP contribution in [0.15, 0.2) is 29.4 Å². The Morgan fingerprint density at radius 2 is 2.13 bits per heavy atom. The number of rotatable bonds is 4. The van der Waals surface area contributed by atoms with E-state index in [9.17, 15) is 4.57 Å². The van der Waals surface area contributed by atoms with Gasteiger partial charge in [-0.15, -0.1) is 0 Å². The molecule has 82 valence electrons. The van der Waals surface area contributed by atoms with E-state index in [-0.39, 0.29) is 6.16 Å². The molecule has 0 spiro atoms. The van der Waals surface area contributed by atoms with Gasteiger partial charge in [0.1, 0.15) is 0 Å². The minimum atomic E-state index is -3.99. The summed E-state index contributed by atoms with van der Waals surface area (Å²) < 4.78 is 10.5. The van der Waals surface area contributed by atoms with Gasteiger partial charge in [-0.1, -0.05) is 18.2 Å². The highest BCUT2D eigenvalue weighted by molar-refractivity contribution is 7.52. The molecule has 3 N–H and O–H groups in total. The van der Waals surface area contributed by atoms with Crippen LogP contribution in [0, 0.1) is 6.92 Å². The lowest BCUT2D eigenvalue weighted by Gasteiger charge is -2.03. The molecular weight excluding hydrogens is 215 g/mol. The predicted molar refractivity (Wildman–Crippen MR) is 60.2 cm³/mol. The minimum absolute atomic E-state index is 0.355. The van der Waals surface area contributed by atoms with Gasteiger partial charge in [0.15, 0.2) is 0 Å². The van der Waals surface area contributed by atoms with Crippen LogP contribution in [0.5, 0.6) is 0 Å². The Morgan fingerprint density at radius 1 is 1.47 bits per heavy atom. The zero-order chi connectivity index (χ0) is 11.3. The van der Waals surface area contributed by atoms with Gasteiger partial charge in [0.25, 0.3) is 0 Å². The van der Waals surface area contributed by atoms with Gasteiger partial charge in [-0.25, -0.2) is 0 Å². The Kier molecular flexibility index (Phi) is 4.03. The number of aryl methyl sites for hydroxylation is 1. The molecule has 6 heteroatoms. The van der Waals surface area contributed by atoms with Crippen LogP contribution in [-0.4, -0.2) is 22.2 Å². The normalized spacial score (nSPS) is 11.9. The molecule has 0 aliphatic heterocycles. The third-order valence-electron chi connectivity index (χ3n) is 1.74. The van der Waals surface area contributed by atoms with E-state index in [4.69, 9.17) is 9.79 Å².